The minimum absolute atomic E-state index is 0.814. The van der Waals surface area contributed by atoms with Crippen LogP contribution in [0.3, 0.4) is 0 Å². The van der Waals surface area contributed by atoms with Crippen LogP contribution in [-0.4, -0.2) is 74.9 Å². The summed E-state index contributed by atoms with van der Waals surface area (Å²) in [4.78, 5) is 5.11. The fraction of sp³-hybridized carbons (Fsp3) is 1.00. The van der Waals surface area contributed by atoms with Crippen LogP contribution in [0, 0.1) is 0 Å². The lowest BCUT2D eigenvalue weighted by atomic mass is 10.1. The van der Waals surface area contributed by atoms with Gasteiger partial charge in [-0.2, -0.15) is 0 Å². The van der Waals surface area contributed by atoms with Crippen LogP contribution in [0.5, 0.6) is 0 Å². The maximum Gasteiger partial charge on any atom is 0.0593 e. The molecule has 2 fully saturated rings. The number of likely N-dealkylation sites (tertiary alicyclic amines) is 1. The highest BCUT2D eigenvalue weighted by Gasteiger charge is 2.31. The lowest BCUT2D eigenvalue weighted by molar-refractivity contribution is 0.00840. The Labute approximate surface area is 92.6 Å². The van der Waals surface area contributed by atoms with Crippen molar-refractivity contribution >= 4 is 0 Å². The van der Waals surface area contributed by atoms with Crippen molar-refractivity contribution in [3.63, 3.8) is 0 Å². The van der Waals surface area contributed by atoms with Gasteiger partial charge in [0.1, 0.15) is 0 Å². The molecule has 0 radical (unpaired) electrons. The highest BCUT2D eigenvalue weighted by Crippen LogP contribution is 2.14. The molecule has 4 heteroatoms. The van der Waals surface area contributed by atoms with E-state index in [0.717, 1.165) is 38.9 Å². The van der Waals surface area contributed by atoms with Crippen LogP contribution in [0.2, 0.25) is 0 Å². The van der Waals surface area contributed by atoms with Crippen LogP contribution in [0.4, 0.5) is 0 Å². The Balaban J connectivity index is 1.56. The van der Waals surface area contributed by atoms with Crippen LogP contribution in [-0.2, 0) is 4.74 Å². The van der Waals surface area contributed by atoms with Gasteiger partial charge in [-0.25, -0.2) is 0 Å². The monoisotopic (exact) mass is 213 g/mol. The first kappa shape index (κ1) is 11.3. The molecule has 0 bridgehead atoms. The summed E-state index contributed by atoms with van der Waals surface area (Å²) in [6, 6.07) is 0.814. The van der Waals surface area contributed by atoms with Gasteiger partial charge in [-0.05, 0) is 6.92 Å². The number of nitrogens with one attached hydrogen (secondary N) is 1. The van der Waals surface area contributed by atoms with E-state index >= 15 is 0 Å². The number of hydrogen-bond donors (Lipinski definition) is 1. The molecule has 1 N–H and O–H groups in total. The first-order valence-corrected chi connectivity index (χ1v) is 6.15. The van der Waals surface area contributed by atoms with Crippen molar-refractivity contribution in [2.75, 3.05) is 59.0 Å². The van der Waals surface area contributed by atoms with E-state index in [1.165, 1.54) is 26.2 Å². The number of nitrogens with zero attached hydrogens (tertiary/aromatic N) is 2. The zero-order valence-corrected chi connectivity index (χ0v) is 9.74. The third-order valence-corrected chi connectivity index (χ3v) is 3.36. The Morgan fingerprint density at radius 3 is 2.67 bits per heavy atom. The fourth-order valence-corrected chi connectivity index (χ4v) is 2.34. The predicted molar refractivity (Wildman–Crippen MR) is 61.2 cm³/mol. The predicted octanol–water partition coefficient (Wildman–Crippen LogP) is -0.388. The van der Waals surface area contributed by atoms with Crippen molar-refractivity contribution in [3.8, 4) is 0 Å². The van der Waals surface area contributed by atoms with Crippen LogP contribution in [0.1, 0.15) is 6.92 Å². The van der Waals surface area contributed by atoms with Crippen LogP contribution < -0.4 is 5.32 Å². The van der Waals surface area contributed by atoms with Gasteiger partial charge < -0.3 is 10.1 Å². The van der Waals surface area contributed by atoms with E-state index in [9.17, 15) is 0 Å². The van der Waals surface area contributed by atoms with Crippen molar-refractivity contribution in [2.45, 2.75) is 13.0 Å². The molecule has 2 aliphatic rings. The molecule has 0 aromatic rings. The molecule has 2 saturated heterocycles. The maximum atomic E-state index is 5.36. The number of ether oxygens (including phenoxy) is 1. The van der Waals surface area contributed by atoms with Crippen LogP contribution >= 0.6 is 0 Å². The van der Waals surface area contributed by atoms with Gasteiger partial charge in [0.25, 0.3) is 0 Å². The number of hydrogen-bond acceptors (Lipinski definition) is 4. The molecule has 2 aliphatic heterocycles. The zero-order chi connectivity index (χ0) is 10.5. The summed E-state index contributed by atoms with van der Waals surface area (Å²) < 4.78 is 5.36. The van der Waals surface area contributed by atoms with E-state index in [4.69, 9.17) is 4.74 Å². The second-order valence-electron chi connectivity index (χ2n) is 4.40. The summed E-state index contributed by atoms with van der Waals surface area (Å²) in [5.74, 6) is 0. The fourth-order valence-electron chi connectivity index (χ4n) is 2.34. The van der Waals surface area contributed by atoms with Gasteiger partial charge in [-0.1, -0.05) is 0 Å². The average molecular weight is 213 g/mol. The highest BCUT2D eigenvalue weighted by atomic mass is 16.5. The third-order valence-electron chi connectivity index (χ3n) is 3.36. The van der Waals surface area contributed by atoms with Gasteiger partial charge in [0, 0.05) is 58.5 Å². The molecule has 0 aromatic carbocycles. The molecule has 0 spiro atoms. The molecular weight excluding hydrogens is 190 g/mol. The van der Waals surface area contributed by atoms with Crippen molar-refractivity contribution in [1.29, 1.82) is 0 Å². The summed E-state index contributed by atoms with van der Waals surface area (Å²) in [6.07, 6.45) is 0. The van der Waals surface area contributed by atoms with Crippen molar-refractivity contribution < 1.29 is 4.74 Å². The number of rotatable bonds is 5. The first-order chi connectivity index (χ1) is 7.40. The van der Waals surface area contributed by atoms with E-state index in [0.29, 0.717) is 0 Å². The molecular formula is C11H23N3O. The third kappa shape index (κ3) is 3.14. The van der Waals surface area contributed by atoms with E-state index in [1.807, 2.05) is 0 Å². The lowest BCUT2D eigenvalue weighted by Gasteiger charge is -2.46. The summed E-state index contributed by atoms with van der Waals surface area (Å²) >= 11 is 0. The molecule has 0 amide bonds. The van der Waals surface area contributed by atoms with E-state index in [-0.39, 0.29) is 0 Å². The summed E-state index contributed by atoms with van der Waals surface area (Å²) in [5, 5.41) is 3.40. The standard InChI is InChI=1S/C11H23N3O/c1-2-15-8-7-13-9-11(10-13)14-5-3-12-4-6-14/h11-12H,2-10H2,1H3. The normalized spacial score (nSPS) is 25.4. The SMILES string of the molecule is CCOCCN1CC(N2CCNCC2)C1. The zero-order valence-electron chi connectivity index (χ0n) is 9.74. The Kier molecular flexibility index (Phi) is 4.38. The van der Waals surface area contributed by atoms with Crippen LogP contribution in [0.25, 0.3) is 0 Å². The second-order valence-corrected chi connectivity index (χ2v) is 4.40. The van der Waals surface area contributed by atoms with E-state index < -0.39 is 0 Å². The quantitative estimate of drug-likeness (QED) is 0.630. The Hall–Kier alpha value is -0.160. The first-order valence-electron chi connectivity index (χ1n) is 6.15. The smallest absolute Gasteiger partial charge is 0.0593 e. The van der Waals surface area contributed by atoms with Crippen molar-refractivity contribution in [2.24, 2.45) is 0 Å². The topological polar surface area (TPSA) is 27.7 Å². The molecule has 0 atom stereocenters. The molecule has 15 heavy (non-hydrogen) atoms. The minimum atomic E-state index is 0.814. The Morgan fingerprint density at radius 2 is 2.00 bits per heavy atom. The summed E-state index contributed by atoms with van der Waals surface area (Å²) in [5.41, 5.74) is 0. The molecule has 88 valence electrons. The van der Waals surface area contributed by atoms with E-state index in [1.54, 1.807) is 0 Å². The highest BCUT2D eigenvalue weighted by molar-refractivity contribution is 4.89. The largest absolute Gasteiger partial charge is 0.380 e. The van der Waals surface area contributed by atoms with Crippen molar-refractivity contribution in [1.82, 2.24) is 15.1 Å². The van der Waals surface area contributed by atoms with Gasteiger partial charge in [-0.15, -0.1) is 0 Å². The summed E-state index contributed by atoms with van der Waals surface area (Å²) in [6.45, 7) is 12.2. The Morgan fingerprint density at radius 1 is 1.27 bits per heavy atom. The molecule has 2 rings (SSSR count). The second kappa shape index (κ2) is 5.80. The molecule has 4 nitrogen and oxygen atoms in total. The van der Waals surface area contributed by atoms with Gasteiger partial charge in [0.2, 0.25) is 0 Å². The van der Waals surface area contributed by atoms with Crippen molar-refractivity contribution in [3.05, 3.63) is 0 Å². The van der Waals surface area contributed by atoms with Gasteiger partial charge in [0.05, 0.1) is 6.61 Å². The molecule has 0 saturated carbocycles. The molecule has 0 aromatic heterocycles. The van der Waals surface area contributed by atoms with Gasteiger partial charge in [0.15, 0.2) is 0 Å². The molecule has 2 heterocycles. The Bertz CT molecular complexity index is 177. The minimum Gasteiger partial charge on any atom is -0.380 e. The molecule has 0 aliphatic carbocycles. The van der Waals surface area contributed by atoms with Gasteiger partial charge >= 0.3 is 0 Å². The average Bonchev–Trinajstić information content (AvgIpc) is 2.23. The number of piperazine rings is 1. The van der Waals surface area contributed by atoms with Crippen LogP contribution in [0.15, 0.2) is 0 Å². The summed E-state index contributed by atoms with van der Waals surface area (Å²) in [7, 11) is 0. The lowest BCUT2D eigenvalue weighted by Crippen LogP contribution is -2.63. The molecule has 0 unspecified atom stereocenters. The maximum absolute atomic E-state index is 5.36. The van der Waals surface area contributed by atoms with Gasteiger partial charge in [-0.3, -0.25) is 9.80 Å². The van der Waals surface area contributed by atoms with E-state index in [2.05, 4.69) is 22.0 Å².